The summed E-state index contributed by atoms with van der Waals surface area (Å²) in [7, 11) is 0. The van der Waals surface area contributed by atoms with Crippen LogP contribution in [0.1, 0.15) is 0 Å². The van der Waals surface area contributed by atoms with Crippen LogP contribution in [0.5, 0.6) is 0 Å². The van der Waals surface area contributed by atoms with E-state index in [1.165, 1.54) is 0 Å². The van der Waals surface area contributed by atoms with Gasteiger partial charge in [0.05, 0.1) is 5.39 Å². The molecule has 17 heavy (non-hydrogen) atoms. The van der Waals surface area contributed by atoms with Gasteiger partial charge < -0.3 is 4.42 Å². The maximum Gasteiger partial charge on any atom is 0.228 e. The monoisotopic (exact) mass is 220 g/mol. The van der Waals surface area contributed by atoms with E-state index < -0.39 is 0 Å². The van der Waals surface area contributed by atoms with Crippen LogP contribution in [0.2, 0.25) is 0 Å². The first-order valence-corrected chi connectivity index (χ1v) is 5.44. The summed E-state index contributed by atoms with van der Waals surface area (Å²) < 4.78 is 5.79. The third-order valence-corrected chi connectivity index (χ3v) is 2.98. The predicted molar refractivity (Wildman–Crippen MR) is 66.8 cm³/mol. The van der Waals surface area contributed by atoms with Gasteiger partial charge in [-0.15, -0.1) is 0 Å². The molecule has 0 aliphatic carbocycles. The number of fused-ring (bicyclic) bond motifs is 5. The van der Waals surface area contributed by atoms with Gasteiger partial charge in [0.2, 0.25) is 5.71 Å². The van der Waals surface area contributed by atoms with Gasteiger partial charge in [0.15, 0.2) is 5.58 Å². The van der Waals surface area contributed by atoms with Crippen LogP contribution in [0.25, 0.3) is 33.0 Å². The van der Waals surface area contributed by atoms with E-state index >= 15 is 0 Å². The molecule has 0 spiro atoms. The van der Waals surface area contributed by atoms with E-state index in [9.17, 15) is 0 Å². The molecule has 1 aromatic carbocycles. The first-order chi connectivity index (χ1) is 8.43. The minimum Gasteiger partial charge on any atom is -0.435 e. The van der Waals surface area contributed by atoms with Gasteiger partial charge in [-0.25, -0.2) is 4.98 Å². The predicted octanol–water partition coefficient (Wildman–Crippen LogP) is 3.53. The minimum atomic E-state index is 0.645. The minimum absolute atomic E-state index is 0.645. The zero-order chi connectivity index (χ0) is 11.2. The summed E-state index contributed by atoms with van der Waals surface area (Å²) >= 11 is 0. The zero-order valence-electron chi connectivity index (χ0n) is 8.92. The highest BCUT2D eigenvalue weighted by Gasteiger charge is 2.10. The van der Waals surface area contributed by atoms with Crippen molar-refractivity contribution in [1.29, 1.82) is 0 Å². The average molecular weight is 220 g/mol. The van der Waals surface area contributed by atoms with E-state index in [2.05, 4.69) is 9.97 Å². The van der Waals surface area contributed by atoms with E-state index in [4.69, 9.17) is 4.42 Å². The highest BCUT2D eigenvalue weighted by atomic mass is 16.3. The number of hydrogen-bond acceptors (Lipinski definition) is 3. The lowest BCUT2D eigenvalue weighted by Gasteiger charge is -1.96. The van der Waals surface area contributed by atoms with Crippen molar-refractivity contribution in [3.8, 4) is 0 Å². The molecule has 3 heterocycles. The Labute approximate surface area is 96.7 Å². The van der Waals surface area contributed by atoms with Gasteiger partial charge in [0, 0.05) is 23.2 Å². The smallest absolute Gasteiger partial charge is 0.228 e. The number of hydrogen-bond donors (Lipinski definition) is 0. The van der Waals surface area contributed by atoms with Crippen LogP contribution < -0.4 is 0 Å². The number of nitrogens with zero attached hydrogens (tertiary/aromatic N) is 2. The number of pyridine rings is 2. The molecule has 0 radical (unpaired) electrons. The lowest BCUT2D eigenvalue weighted by Crippen LogP contribution is -1.77. The van der Waals surface area contributed by atoms with E-state index in [0.29, 0.717) is 5.71 Å². The molecule has 0 aliphatic rings. The normalized spacial score (nSPS) is 11.5. The van der Waals surface area contributed by atoms with Gasteiger partial charge in [0.25, 0.3) is 0 Å². The van der Waals surface area contributed by atoms with Crippen molar-refractivity contribution >= 4 is 33.0 Å². The maximum absolute atomic E-state index is 5.79. The summed E-state index contributed by atoms with van der Waals surface area (Å²) in [6, 6.07) is 12.0. The third-order valence-electron chi connectivity index (χ3n) is 2.98. The largest absolute Gasteiger partial charge is 0.435 e. The van der Waals surface area contributed by atoms with E-state index in [1.807, 2.05) is 42.6 Å². The second-order valence-corrected chi connectivity index (χ2v) is 3.98. The van der Waals surface area contributed by atoms with E-state index in [-0.39, 0.29) is 0 Å². The Morgan fingerprint density at radius 1 is 0.882 bits per heavy atom. The Morgan fingerprint density at radius 3 is 2.76 bits per heavy atom. The molecule has 0 amide bonds. The van der Waals surface area contributed by atoms with Gasteiger partial charge in [-0.1, -0.05) is 24.3 Å². The molecular formula is C14H8N2O. The van der Waals surface area contributed by atoms with Gasteiger partial charge >= 0.3 is 0 Å². The van der Waals surface area contributed by atoms with Crippen molar-refractivity contribution in [2.45, 2.75) is 0 Å². The Morgan fingerprint density at radius 2 is 1.76 bits per heavy atom. The summed E-state index contributed by atoms with van der Waals surface area (Å²) in [5.41, 5.74) is 2.34. The summed E-state index contributed by atoms with van der Waals surface area (Å²) in [6.45, 7) is 0. The van der Waals surface area contributed by atoms with E-state index in [1.54, 1.807) is 6.20 Å². The summed E-state index contributed by atoms with van der Waals surface area (Å²) in [5, 5.41) is 3.13. The quantitative estimate of drug-likeness (QED) is 0.455. The average Bonchev–Trinajstić information content (AvgIpc) is 2.78. The third kappa shape index (κ3) is 1.11. The second kappa shape index (κ2) is 3.04. The van der Waals surface area contributed by atoms with Crippen LogP contribution in [-0.2, 0) is 0 Å². The number of aromatic nitrogens is 2. The van der Waals surface area contributed by atoms with Crippen LogP contribution in [0.4, 0.5) is 0 Å². The van der Waals surface area contributed by atoms with Gasteiger partial charge in [0.1, 0.15) is 5.52 Å². The molecule has 3 aromatic heterocycles. The molecule has 0 aliphatic heterocycles. The van der Waals surface area contributed by atoms with Crippen molar-refractivity contribution in [3.05, 3.63) is 48.8 Å². The summed E-state index contributed by atoms with van der Waals surface area (Å²) in [6.07, 6.45) is 3.60. The lowest BCUT2D eigenvalue weighted by atomic mass is 10.1. The topological polar surface area (TPSA) is 38.9 Å². The molecule has 0 bridgehead atoms. The molecule has 3 nitrogen and oxygen atoms in total. The SMILES string of the molecule is c1ccc2c(c1)cnc1c3cccnc3oc21. The fourth-order valence-electron chi connectivity index (χ4n) is 2.18. The Balaban J connectivity index is 2.34. The summed E-state index contributed by atoms with van der Waals surface area (Å²) in [5.74, 6) is 0. The van der Waals surface area contributed by atoms with E-state index in [0.717, 1.165) is 27.3 Å². The van der Waals surface area contributed by atoms with Gasteiger partial charge in [-0.3, -0.25) is 4.98 Å². The molecule has 0 atom stereocenters. The van der Waals surface area contributed by atoms with Crippen molar-refractivity contribution in [2.75, 3.05) is 0 Å². The molecule has 3 heteroatoms. The van der Waals surface area contributed by atoms with Crippen molar-refractivity contribution in [1.82, 2.24) is 9.97 Å². The molecule has 80 valence electrons. The first-order valence-electron chi connectivity index (χ1n) is 5.44. The van der Waals surface area contributed by atoms with Crippen molar-refractivity contribution in [2.24, 2.45) is 0 Å². The Bertz CT molecular complexity index is 848. The van der Waals surface area contributed by atoms with Crippen LogP contribution in [0.15, 0.2) is 53.2 Å². The van der Waals surface area contributed by atoms with Crippen LogP contribution >= 0.6 is 0 Å². The molecule has 0 fully saturated rings. The molecule has 0 N–H and O–H groups in total. The van der Waals surface area contributed by atoms with Gasteiger partial charge in [-0.2, -0.15) is 0 Å². The molecular weight excluding hydrogens is 212 g/mol. The zero-order valence-corrected chi connectivity index (χ0v) is 8.92. The number of furan rings is 1. The van der Waals surface area contributed by atoms with Crippen LogP contribution in [-0.4, -0.2) is 9.97 Å². The van der Waals surface area contributed by atoms with Gasteiger partial charge in [-0.05, 0) is 12.1 Å². The molecule has 0 saturated carbocycles. The molecule has 0 saturated heterocycles. The molecule has 4 rings (SSSR count). The fourth-order valence-corrected chi connectivity index (χ4v) is 2.18. The van der Waals surface area contributed by atoms with Crippen molar-refractivity contribution in [3.63, 3.8) is 0 Å². The van der Waals surface area contributed by atoms with Crippen molar-refractivity contribution < 1.29 is 4.42 Å². The second-order valence-electron chi connectivity index (χ2n) is 3.98. The number of rotatable bonds is 0. The number of benzene rings is 1. The molecule has 0 unspecified atom stereocenters. The highest BCUT2D eigenvalue weighted by Crippen LogP contribution is 2.30. The fraction of sp³-hybridized carbons (Fsp3) is 0. The summed E-state index contributed by atoms with van der Waals surface area (Å²) in [4.78, 5) is 8.68. The lowest BCUT2D eigenvalue weighted by molar-refractivity contribution is 0.657. The van der Waals surface area contributed by atoms with Crippen LogP contribution in [0, 0.1) is 0 Å². The highest BCUT2D eigenvalue weighted by molar-refractivity contribution is 6.11. The Kier molecular flexibility index (Phi) is 1.56. The Hall–Kier alpha value is -2.42. The standard InChI is InChI=1S/C14H8N2O/c1-2-5-10-9(4-1)8-16-12-11-6-3-7-15-14(11)17-13(10)12/h1-8H. The molecule has 4 aromatic rings. The maximum atomic E-state index is 5.79. The van der Waals surface area contributed by atoms with Crippen LogP contribution in [0.3, 0.4) is 0 Å². The first kappa shape index (κ1) is 8.70.